The Kier molecular flexibility index (Phi) is 3.99. The molecule has 0 aliphatic heterocycles. The minimum Gasteiger partial charge on any atom is -0.463 e. The highest BCUT2D eigenvalue weighted by molar-refractivity contribution is 5.90. The van der Waals surface area contributed by atoms with Gasteiger partial charge < -0.3 is 9.15 Å². The van der Waals surface area contributed by atoms with Gasteiger partial charge in [0.15, 0.2) is 0 Å². The van der Waals surface area contributed by atoms with Crippen LogP contribution < -0.4 is 10.2 Å². The van der Waals surface area contributed by atoms with Gasteiger partial charge in [-0.2, -0.15) is 0 Å². The number of fused-ring (bicyclic) bond motifs is 1. The Morgan fingerprint density at radius 3 is 2.54 bits per heavy atom. The van der Waals surface area contributed by atoms with Crippen molar-refractivity contribution in [3.05, 3.63) is 89.3 Å². The average Bonchev–Trinajstić information content (AvgIpc) is 2.70. The Hall–Kier alpha value is -3.80. The Balaban J connectivity index is 1.61. The van der Waals surface area contributed by atoms with E-state index in [1.807, 2.05) is 0 Å². The average molecular weight is 344 g/mol. The van der Waals surface area contributed by atoms with E-state index in [0.717, 1.165) is 0 Å². The van der Waals surface area contributed by atoms with Crippen molar-refractivity contribution >= 4 is 16.9 Å². The number of hydrogen-bond acceptors (Lipinski definition) is 6. The van der Waals surface area contributed by atoms with Crippen molar-refractivity contribution in [1.82, 2.24) is 9.97 Å². The van der Waals surface area contributed by atoms with Crippen LogP contribution in [0, 0.1) is 0 Å². The highest BCUT2D eigenvalue weighted by Crippen LogP contribution is 2.22. The molecule has 4 rings (SSSR count). The fourth-order valence-corrected chi connectivity index (χ4v) is 2.53. The number of aromatic nitrogens is 2. The van der Waals surface area contributed by atoms with Gasteiger partial charge in [0.1, 0.15) is 17.6 Å². The number of pyridine rings is 2. The molecule has 0 bridgehead atoms. The van der Waals surface area contributed by atoms with Gasteiger partial charge in [-0.05, 0) is 35.9 Å². The summed E-state index contributed by atoms with van der Waals surface area (Å²) in [6.45, 7) is 0. The zero-order chi connectivity index (χ0) is 17.9. The maximum atomic E-state index is 12.6. The van der Waals surface area contributed by atoms with Gasteiger partial charge in [-0.1, -0.05) is 12.1 Å². The quantitative estimate of drug-likeness (QED) is 0.418. The molecule has 3 heterocycles. The molecule has 6 nitrogen and oxygen atoms in total. The van der Waals surface area contributed by atoms with Crippen molar-refractivity contribution in [2.75, 3.05) is 0 Å². The Morgan fingerprint density at radius 2 is 1.77 bits per heavy atom. The third-order valence-corrected chi connectivity index (χ3v) is 3.85. The first-order valence-electron chi connectivity index (χ1n) is 7.80. The molecule has 26 heavy (non-hydrogen) atoms. The lowest BCUT2D eigenvalue weighted by molar-refractivity contribution is 0.0734. The molecule has 0 fully saturated rings. The Morgan fingerprint density at radius 1 is 0.962 bits per heavy atom. The van der Waals surface area contributed by atoms with E-state index in [-0.39, 0.29) is 5.43 Å². The van der Waals surface area contributed by atoms with Crippen LogP contribution in [0.15, 0.2) is 82.7 Å². The smallest absolute Gasteiger partial charge is 0.345 e. The van der Waals surface area contributed by atoms with Crippen LogP contribution in [-0.2, 0) is 0 Å². The highest BCUT2D eigenvalue weighted by atomic mass is 16.5. The molecule has 0 saturated heterocycles. The van der Waals surface area contributed by atoms with Crippen LogP contribution >= 0.6 is 0 Å². The molecule has 0 amide bonds. The fourth-order valence-electron chi connectivity index (χ4n) is 2.53. The third kappa shape index (κ3) is 2.95. The van der Waals surface area contributed by atoms with Gasteiger partial charge in [0.25, 0.3) is 0 Å². The van der Waals surface area contributed by atoms with Crippen LogP contribution in [0.3, 0.4) is 0 Å². The van der Waals surface area contributed by atoms with Crippen molar-refractivity contribution in [2.45, 2.75) is 0 Å². The first-order chi connectivity index (χ1) is 12.7. The van der Waals surface area contributed by atoms with E-state index in [9.17, 15) is 9.59 Å². The van der Waals surface area contributed by atoms with E-state index >= 15 is 0 Å². The first-order valence-corrected chi connectivity index (χ1v) is 7.80. The molecule has 0 radical (unpaired) electrons. The van der Waals surface area contributed by atoms with Gasteiger partial charge in [0.2, 0.25) is 5.43 Å². The van der Waals surface area contributed by atoms with E-state index in [4.69, 9.17) is 9.15 Å². The molecule has 0 unspecified atom stereocenters. The van der Waals surface area contributed by atoms with Gasteiger partial charge in [0.05, 0.1) is 16.5 Å². The molecule has 0 aliphatic carbocycles. The van der Waals surface area contributed by atoms with Crippen molar-refractivity contribution < 1.29 is 13.9 Å². The summed E-state index contributed by atoms with van der Waals surface area (Å²) in [5.41, 5.74) is 1.75. The summed E-state index contributed by atoms with van der Waals surface area (Å²) in [6.07, 6.45) is 7.48. The highest BCUT2D eigenvalue weighted by Gasteiger charge is 2.11. The zero-order valence-corrected chi connectivity index (χ0v) is 13.5. The number of ether oxygens (including phenoxy) is 1. The minimum atomic E-state index is -0.498. The summed E-state index contributed by atoms with van der Waals surface area (Å²) < 4.78 is 10.8. The largest absolute Gasteiger partial charge is 0.463 e. The predicted octanol–water partition coefficient (Wildman–Crippen LogP) is 3.47. The summed E-state index contributed by atoms with van der Waals surface area (Å²) >= 11 is 0. The van der Waals surface area contributed by atoms with Gasteiger partial charge in [0, 0.05) is 24.8 Å². The molecule has 0 spiro atoms. The summed E-state index contributed by atoms with van der Waals surface area (Å²) in [5.74, 6) is -0.128. The number of benzene rings is 1. The second-order valence-electron chi connectivity index (χ2n) is 5.51. The summed E-state index contributed by atoms with van der Waals surface area (Å²) in [6, 6.07) is 11.6. The van der Waals surface area contributed by atoms with Crippen molar-refractivity contribution in [1.29, 1.82) is 0 Å². The van der Waals surface area contributed by atoms with E-state index in [1.54, 1.807) is 54.9 Å². The van der Waals surface area contributed by atoms with Crippen LogP contribution in [0.1, 0.15) is 10.4 Å². The fraction of sp³-hybridized carbons (Fsp3) is 0. The van der Waals surface area contributed by atoms with Crippen LogP contribution in [0.4, 0.5) is 0 Å². The molecule has 0 aliphatic rings. The number of esters is 1. The molecule has 126 valence electrons. The standard InChI is InChI=1S/C20H12N2O4/c23-19-16-11-22-9-7-18(16)25-12-17(19)13-3-5-15(6-4-13)26-20(24)14-2-1-8-21-10-14/h1-12H. The van der Waals surface area contributed by atoms with Crippen molar-refractivity contribution in [3.63, 3.8) is 0 Å². The van der Waals surface area contributed by atoms with Crippen molar-refractivity contribution in [2.24, 2.45) is 0 Å². The normalized spacial score (nSPS) is 10.6. The second kappa shape index (κ2) is 6.60. The number of rotatable bonds is 3. The SMILES string of the molecule is O=C(Oc1ccc(-c2coc3ccncc3c2=O)cc1)c1cccnc1. The van der Waals surface area contributed by atoms with E-state index < -0.39 is 5.97 Å². The molecule has 1 aromatic carbocycles. The lowest BCUT2D eigenvalue weighted by atomic mass is 10.1. The minimum absolute atomic E-state index is 0.167. The number of carbonyl (C=O) groups excluding carboxylic acids is 1. The molecule has 4 aromatic rings. The second-order valence-corrected chi connectivity index (χ2v) is 5.51. The summed E-state index contributed by atoms with van der Waals surface area (Å²) in [4.78, 5) is 32.5. The van der Waals surface area contributed by atoms with E-state index in [2.05, 4.69) is 9.97 Å². The van der Waals surface area contributed by atoms with Gasteiger partial charge in [-0.3, -0.25) is 14.8 Å². The molecular formula is C20H12N2O4. The van der Waals surface area contributed by atoms with Crippen molar-refractivity contribution in [3.8, 4) is 16.9 Å². The zero-order valence-electron chi connectivity index (χ0n) is 13.5. The summed E-state index contributed by atoms with van der Waals surface area (Å²) in [5, 5.41) is 0.414. The number of nitrogens with zero attached hydrogens (tertiary/aromatic N) is 2. The van der Waals surface area contributed by atoms with E-state index in [0.29, 0.717) is 33.4 Å². The summed E-state index contributed by atoms with van der Waals surface area (Å²) in [7, 11) is 0. The molecule has 3 aromatic heterocycles. The topological polar surface area (TPSA) is 82.3 Å². The van der Waals surface area contributed by atoms with Gasteiger partial charge in [-0.25, -0.2) is 4.79 Å². The lowest BCUT2D eigenvalue weighted by Crippen LogP contribution is -2.08. The number of carbonyl (C=O) groups is 1. The third-order valence-electron chi connectivity index (χ3n) is 3.85. The van der Waals surface area contributed by atoms with E-state index in [1.165, 1.54) is 18.7 Å². The van der Waals surface area contributed by atoms with Crippen LogP contribution in [0.2, 0.25) is 0 Å². The first kappa shape index (κ1) is 15.7. The Labute approximate surface area is 147 Å². The van der Waals surface area contributed by atoms with Crippen LogP contribution in [-0.4, -0.2) is 15.9 Å². The monoisotopic (exact) mass is 344 g/mol. The van der Waals surface area contributed by atoms with Crippen LogP contribution in [0.25, 0.3) is 22.1 Å². The van der Waals surface area contributed by atoms with Gasteiger partial charge in [-0.15, -0.1) is 0 Å². The molecule has 0 atom stereocenters. The molecule has 6 heteroatoms. The maximum absolute atomic E-state index is 12.6. The molecule has 0 saturated carbocycles. The predicted molar refractivity (Wildman–Crippen MR) is 94.9 cm³/mol. The molecular weight excluding hydrogens is 332 g/mol. The van der Waals surface area contributed by atoms with Gasteiger partial charge >= 0.3 is 5.97 Å². The van der Waals surface area contributed by atoms with Crippen LogP contribution in [0.5, 0.6) is 5.75 Å². The lowest BCUT2D eigenvalue weighted by Gasteiger charge is -2.06. The number of hydrogen-bond donors (Lipinski definition) is 0. The maximum Gasteiger partial charge on any atom is 0.345 e. The molecule has 0 N–H and O–H groups in total. The Bertz CT molecular complexity index is 1140.